The van der Waals surface area contributed by atoms with Crippen molar-refractivity contribution in [1.82, 2.24) is 10.2 Å². The summed E-state index contributed by atoms with van der Waals surface area (Å²) in [5.74, 6) is -0.0375. The molecule has 0 aliphatic carbocycles. The highest BCUT2D eigenvalue weighted by Gasteiger charge is 2.42. The molecule has 0 aromatic heterocycles. The van der Waals surface area contributed by atoms with Gasteiger partial charge in [0.05, 0.1) is 0 Å². The van der Waals surface area contributed by atoms with Crippen LogP contribution in [-0.4, -0.2) is 42.4 Å². The van der Waals surface area contributed by atoms with Crippen LogP contribution in [0.4, 0.5) is 0 Å². The maximum Gasteiger partial charge on any atom is 0.199 e. The quantitative estimate of drug-likeness (QED) is 0.507. The van der Waals surface area contributed by atoms with Gasteiger partial charge in [-0.3, -0.25) is 9.69 Å². The van der Waals surface area contributed by atoms with Gasteiger partial charge in [0.25, 0.3) is 0 Å². The number of likely N-dealkylation sites (N-methyl/N-ethyl adjacent to an activating group) is 1. The van der Waals surface area contributed by atoms with Crippen molar-refractivity contribution in [2.75, 3.05) is 26.7 Å². The highest BCUT2D eigenvalue weighted by Crippen LogP contribution is 2.25. The van der Waals surface area contributed by atoms with E-state index in [1.165, 1.54) is 0 Å². The van der Waals surface area contributed by atoms with E-state index in [4.69, 9.17) is 11.6 Å². The van der Waals surface area contributed by atoms with E-state index in [2.05, 4.69) is 5.32 Å². The fourth-order valence-corrected chi connectivity index (χ4v) is 2.17. The fourth-order valence-electron chi connectivity index (χ4n) is 1.88. The number of piperazine rings is 1. The molecule has 0 spiro atoms. The predicted octanol–water partition coefficient (Wildman–Crippen LogP) is 1.76. The highest BCUT2D eigenvalue weighted by atomic mass is 35.5. The van der Waals surface area contributed by atoms with Crippen LogP contribution in [-0.2, 0) is 0 Å². The monoisotopic (exact) mass is 274 g/mol. The molecule has 1 N–H and O–H groups in total. The minimum absolute atomic E-state index is 0. The average Bonchev–Trinajstić information content (AvgIpc) is 2.33. The zero-order chi connectivity index (χ0) is 11.6. The van der Waals surface area contributed by atoms with E-state index >= 15 is 0 Å². The largest absolute Gasteiger partial charge is 0.312 e. The molecule has 1 aromatic rings. The predicted molar refractivity (Wildman–Crippen MR) is 72.1 cm³/mol. The molecule has 1 aliphatic rings. The van der Waals surface area contributed by atoms with E-state index in [-0.39, 0.29) is 18.2 Å². The molecule has 1 aliphatic heterocycles. The van der Waals surface area contributed by atoms with Gasteiger partial charge in [0.2, 0.25) is 0 Å². The van der Waals surface area contributed by atoms with Gasteiger partial charge in [-0.2, -0.15) is 0 Å². The lowest BCUT2D eigenvalue weighted by Crippen LogP contribution is -2.60. The molecule has 0 amide bonds. The Kier molecular flexibility index (Phi) is 4.95. The van der Waals surface area contributed by atoms with Crippen LogP contribution in [0.25, 0.3) is 0 Å². The van der Waals surface area contributed by atoms with E-state index in [1.807, 2.05) is 30.1 Å². The molecule has 0 saturated carbocycles. The van der Waals surface area contributed by atoms with Gasteiger partial charge in [-0.1, -0.05) is 41.9 Å². The smallest absolute Gasteiger partial charge is 0.199 e. The third-order valence-corrected chi connectivity index (χ3v) is 3.57. The van der Waals surface area contributed by atoms with Crippen molar-refractivity contribution in [3.8, 4) is 0 Å². The molecule has 3 nitrogen and oxygen atoms in total. The summed E-state index contributed by atoms with van der Waals surface area (Å²) >= 11 is 6.42. The number of rotatable bonds is 2. The Balaban J connectivity index is 0.00000144. The molecule has 5 heteroatoms. The van der Waals surface area contributed by atoms with E-state index in [0.717, 1.165) is 13.1 Å². The summed E-state index contributed by atoms with van der Waals surface area (Å²) in [6.45, 7) is 2.13. The molecule has 1 unspecified atom stereocenters. The number of alkyl halides is 1. The first-order chi connectivity index (χ1) is 7.64. The molecule has 0 radical (unpaired) electrons. The molecule has 1 fully saturated rings. The molecule has 0 bridgehead atoms. The number of Topliss-reactive ketones (excluding diaryl/α,β-unsaturated/α-hetero) is 1. The minimum Gasteiger partial charge on any atom is -0.312 e. The van der Waals surface area contributed by atoms with Gasteiger partial charge >= 0.3 is 0 Å². The van der Waals surface area contributed by atoms with Crippen LogP contribution < -0.4 is 5.32 Å². The van der Waals surface area contributed by atoms with Crippen molar-refractivity contribution in [1.29, 1.82) is 0 Å². The Labute approximate surface area is 113 Å². The molecule has 1 saturated heterocycles. The molecule has 2 rings (SSSR count). The summed E-state index contributed by atoms with van der Waals surface area (Å²) in [6, 6.07) is 9.19. The SMILES string of the molecule is CN1CCNCC1(Cl)C(=O)c1ccccc1.Cl. The maximum absolute atomic E-state index is 12.3. The van der Waals surface area contributed by atoms with Gasteiger partial charge in [-0.15, -0.1) is 12.4 Å². The van der Waals surface area contributed by atoms with Crippen LogP contribution in [0.1, 0.15) is 10.4 Å². The Morgan fingerprint density at radius 1 is 1.41 bits per heavy atom. The summed E-state index contributed by atoms with van der Waals surface area (Å²) < 4.78 is 0. The lowest BCUT2D eigenvalue weighted by Gasteiger charge is -2.39. The van der Waals surface area contributed by atoms with Gasteiger partial charge in [-0.25, -0.2) is 0 Å². The second-order valence-corrected chi connectivity index (χ2v) is 4.68. The van der Waals surface area contributed by atoms with Crippen molar-refractivity contribution in [3.05, 3.63) is 35.9 Å². The van der Waals surface area contributed by atoms with Gasteiger partial charge in [0.1, 0.15) is 0 Å². The Hall–Kier alpha value is -0.610. The minimum atomic E-state index is -0.945. The third kappa shape index (κ3) is 2.80. The van der Waals surface area contributed by atoms with E-state index < -0.39 is 5.00 Å². The summed E-state index contributed by atoms with van der Waals surface area (Å²) in [6.07, 6.45) is 0. The fraction of sp³-hybridized carbons (Fsp3) is 0.417. The first kappa shape index (κ1) is 14.5. The number of ketones is 1. The Morgan fingerprint density at radius 3 is 2.65 bits per heavy atom. The molecule has 94 valence electrons. The second kappa shape index (κ2) is 5.83. The number of hydrogen-bond donors (Lipinski definition) is 1. The summed E-state index contributed by atoms with van der Waals surface area (Å²) in [7, 11) is 1.88. The third-order valence-electron chi connectivity index (χ3n) is 2.97. The molecular weight excluding hydrogens is 259 g/mol. The number of nitrogens with zero attached hydrogens (tertiary/aromatic N) is 1. The number of halogens is 2. The number of carbonyl (C=O) groups excluding carboxylic acids is 1. The van der Waals surface area contributed by atoms with Crippen LogP contribution in [0.3, 0.4) is 0 Å². The number of hydrogen-bond acceptors (Lipinski definition) is 3. The standard InChI is InChI=1S/C12H15ClN2O.ClH/c1-15-8-7-14-9-12(15,13)11(16)10-5-3-2-4-6-10;/h2-6,14H,7-9H2,1H3;1H. The van der Waals surface area contributed by atoms with Crippen LogP contribution in [0.2, 0.25) is 0 Å². The Morgan fingerprint density at radius 2 is 2.06 bits per heavy atom. The zero-order valence-corrected chi connectivity index (χ0v) is 11.2. The van der Waals surface area contributed by atoms with Gasteiger partial charge in [0, 0.05) is 25.2 Å². The van der Waals surface area contributed by atoms with Gasteiger partial charge < -0.3 is 5.32 Å². The van der Waals surface area contributed by atoms with Crippen LogP contribution in [0.5, 0.6) is 0 Å². The molecule has 1 heterocycles. The van der Waals surface area contributed by atoms with E-state index in [1.54, 1.807) is 12.1 Å². The van der Waals surface area contributed by atoms with Gasteiger partial charge in [-0.05, 0) is 7.05 Å². The Bertz CT molecular complexity index is 385. The summed E-state index contributed by atoms with van der Waals surface area (Å²) in [5, 5.41) is 3.16. The topological polar surface area (TPSA) is 32.3 Å². The van der Waals surface area contributed by atoms with Crippen LogP contribution in [0, 0.1) is 0 Å². The van der Waals surface area contributed by atoms with E-state index in [9.17, 15) is 4.79 Å². The lowest BCUT2D eigenvalue weighted by atomic mass is 10.0. The summed E-state index contributed by atoms with van der Waals surface area (Å²) in [5.41, 5.74) is 0.660. The second-order valence-electron chi connectivity index (χ2n) is 4.05. The molecule has 17 heavy (non-hydrogen) atoms. The number of carbonyl (C=O) groups is 1. The zero-order valence-electron chi connectivity index (χ0n) is 9.65. The lowest BCUT2D eigenvalue weighted by molar-refractivity contribution is 0.0748. The average molecular weight is 275 g/mol. The first-order valence-electron chi connectivity index (χ1n) is 5.35. The van der Waals surface area contributed by atoms with Crippen molar-refractivity contribution in [2.45, 2.75) is 5.00 Å². The van der Waals surface area contributed by atoms with Crippen molar-refractivity contribution < 1.29 is 4.79 Å². The van der Waals surface area contributed by atoms with Gasteiger partial charge in [0.15, 0.2) is 10.8 Å². The molecule has 1 aromatic carbocycles. The summed E-state index contributed by atoms with van der Waals surface area (Å²) in [4.78, 5) is 13.3. The molecular formula is C12H16Cl2N2O. The van der Waals surface area contributed by atoms with E-state index in [0.29, 0.717) is 12.1 Å². The van der Waals surface area contributed by atoms with Crippen LogP contribution in [0.15, 0.2) is 30.3 Å². The normalized spacial score (nSPS) is 25.1. The number of nitrogens with one attached hydrogen (secondary N) is 1. The number of benzene rings is 1. The van der Waals surface area contributed by atoms with Crippen molar-refractivity contribution in [3.63, 3.8) is 0 Å². The van der Waals surface area contributed by atoms with Crippen LogP contribution >= 0.6 is 24.0 Å². The first-order valence-corrected chi connectivity index (χ1v) is 5.73. The van der Waals surface area contributed by atoms with Crippen molar-refractivity contribution >= 4 is 29.8 Å². The maximum atomic E-state index is 12.3. The molecule has 1 atom stereocenters. The van der Waals surface area contributed by atoms with Crippen molar-refractivity contribution in [2.24, 2.45) is 0 Å². The highest BCUT2D eigenvalue weighted by molar-refractivity contribution is 6.37.